The van der Waals surface area contributed by atoms with Crippen molar-refractivity contribution in [3.63, 3.8) is 0 Å². The Morgan fingerprint density at radius 1 is 1.14 bits per heavy atom. The van der Waals surface area contributed by atoms with E-state index in [1.165, 1.54) is 18.4 Å². The molecule has 1 radical (unpaired) electrons. The summed E-state index contributed by atoms with van der Waals surface area (Å²) in [5.41, 5.74) is 1.68. The van der Waals surface area contributed by atoms with E-state index in [4.69, 9.17) is 0 Å². The number of rotatable bonds is 2. The van der Waals surface area contributed by atoms with Crippen LogP contribution in [0.25, 0.3) is 0 Å². The Morgan fingerprint density at radius 3 is 1.93 bits per heavy atom. The molecule has 1 aromatic rings. The van der Waals surface area contributed by atoms with E-state index >= 15 is 0 Å². The molecule has 0 saturated carbocycles. The number of benzene rings is 1. The lowest BCUT2D eigenvalue weighted by atomic mass is 10.2. The van der Waals surface area contributed by atoms with E-state index in [0.29, 0.717) is 4.90 Å². The quantitative estimate of drug-likeness (QED) is 0.742. The van der Waals surface area contributed by atoms with Crippen molar-refractivity contribution in [3.05, 3.63) is 29.3 Å². The van der Waals surface area contributed by atoms with Crippen LogP contribution in [0, 0.1) is 19.9 Å². The van der Waals surface area contributed by atoms with Gasteiger partial charge in [0, 0.05) is 14.1 Å². The molecule has 1 rings (SSSR count). The summed E-state index contributed by atoms with van der Waals surface area (Å²) in [5, 5.41) is 0. The molecule has 0 unspecified atom stereocenters. The monoisotopic (exact) mass is 212 g/mol. The molecule has 0 aliphatic carbocycles. The van der Waals surface area contributed by atoms with Crippen molar-refractivity contribution in [1.29, 1.82) is 0 Å². The lowest BCUT2D eigenvalue weighted by Crippen LogP contribution is -2.22. The number of nitrogens with zero attached hydrogens (tertiary/aromatic N) is 1. The third kappa shape index (κ3) is 2.13. The minimum atomic E-state index is -3.31. The van der Waals surface area contributed by atoms with Gasteiger partial charge in [0.15, 0.2) is 0 Å². The van der Waals surface area contributed by atoms with Crippen LogP contribution in [0.4, 0.5) is 0 Å². The van der Waals surface area contributed by atoms with E-state index in [-0.39, 0.29) is 0 Å². The molecule has 0 bridgehead atoms. The van der Waals surface area contributed by atoms with Crippen molar-refractivity contribution in [3.8, 4) is 0 Å². The van der Waals surface area contributed by atoms with Gasteiger partial charge in [-0.2, -0.15) is 0 Å². The Bertz CT molecular complexity index is 415. The van der Waals surface area contributed by atoms with Gasteiger partial charge in [-0.25, -0.2) is 12.7 Å². The highest BCUT2D eigenvalue weighted by atomic mass is 32.2. The third-order valence-corrected chi connectivity index (χ3v) is 3.68. The maximum atomic E-state index is 11.7. The van der Waals surface area contributed by atoms with Crippen molar-refractivity contribution in [1.82, 2.24) is 4.31 Å². The molecule has 14 heavy (non-hydrogen) atoms. The zero-order valence-corrected chi connectivity index (χ0v) is 9.64. The van der Waals surface area contributed by atoms with Crippen LogP contribution in [0.1, 0.15) is 11.1 Å². The zero-order valence-electron chi connectivity index (χ0n) is 8.83. The second kappa shape index (κ2) is 3.71. The van der Waals surface area contributed by atoms with E-state index in [1.54, 1.807) is 12.1 Å². The van der Waals surface area contributed by atoms with Gasteiger partial charge in [0.1, 0.15) is 0 Å². The van der Waals surface area contributed by atoms with Gasteiger partial charge in [0.05, 0.1) is 4.90 Å². The predicted molar refractivity (Wildman–Crippen MR) is 55.6 cm³/mol. The minimum Gasteiger partial charge on any atom is -0.207 e. The van der Waals surface area contributed by atoms with Crippen LogP contribution in [0.5, 0.6) is 0 Å². The molecule has 0 aliphatic rings. The Kier molecular flexibility index (Phi) is 2.97. The normalized spacial score (nSPS) is 12.1. The number of hydrogen-bond acceptors (Lipinski definition) is 2. The molecule has 0 saturated heterocycles. The summed E-state index contributed by atoms with van der Waals surface area (Å²) >= 11 is 0. The topological polar surface area (TPSA) is 37.4 Å². The van der Waals surface area contributed by atoms with Crippen LogP contribution in [0.15, 0.2) is 17.0 Å². The smallest absolute Gasteiger partial charge is 0.207 e. The van der Waals surface area contributed by atoms with Crippen LogP contribution in [-0.4, -0.2) is 26.8 Å². The maximum Gasteiger partial charge on any atom is 0.242 e. The van der Waals surface area contributed by atoms with Gasteiger partial charge in [0.25, 0.3) is 0 Å². The Morgan fingerprint density at radius 2 is 1.57 bits per heavy atom. The largest absolute Gasteiger partial charge is 0.242 e. The van der Waals surface area contributed by atoms with Gasteiger partial charge >= 0.3 is 0 Å². The van der Waals surface area contributed by atoms with E-state index in [2.05, 4.69) is 6.07 Å². The van der Waals surface area contributed by atoms with Crippen molar-refractivity contribution < 1.29 is 8.42 Å². The Balaban J connectivity index is 3.34. The lowest BCUT2D eigenvalue weighted by Gasteiger charge is -2.12. The van der Waals surface area contributed by atoms with Gasteiger partial charge in [-0.1, -0.05) is 0 Å². The molecule has 0 aromatic heterocycles. The zero-order chi connectivity index (χ0) is 10.9. The SMILES string of the molecule is Cc1[c]c(C)cc(S(=O)(=O)N(C)C)c1. The Labute approximate surface area is 85.4 Å². The van der Waals surface area contributed by atoms with Crippen LogP contribution in [-0.2, 0) is 10.0 Å². The van der Waals surface area contributed by atoms with E-state index in [9.17, 15) is 8.42 Å². The first-order valence-electron chi connectivity index (χ1n) is 4.27. The highest BCUT2D eigenvalue weighted by Crippen LogP contribution is 2.16. The summed E-state index contributed by atoms with van der Waals surface area (Å²) < 4.78 is 24.7. The summed E-state index contributed by atoms with van der Waals surface area (Å²) in [6.45, 7) is 3.67. The molecular weight excluding hydrogens is 198 g/mol. The number of hydrogen-bond donors (Lipinski definition) is 0. The van der Waals surface area contributed by atoms with Crippen LogP contribution < -0.4 is 0 Å². The predicted octanol–water partition coefficient (Wildman–Crippen LogP) is 1.35. The van der Waals surface area contributed by atoms with E-state index < -0.39 is 10.0 Å². The minimum absolute atomic E-state index is 0.330. The molecule has 3 nitrogen and oxygen atoms in total. The Hall–Kier alpha value is -0.870. The van der Waals surface area contributed by atoms with Crippen molar-refractivity contribution in [2.75, 3.05) is 14.1 Å². The van der Waals surface area contributed by atoms with Crippen molar-refractivity contribution in [2.45, 2.75) is 18.7 Å². The lowest BCUT2D eigenvalue weighted by molar-refractivity contribution is 0.520. The van der Waals surface area contributed by atoms with Gasteiger partial charge in [-0.05, 0) is 43.2 Å². The second-order valence-electron chi connectivity index (χ2n) is 3.47. The molecule has 0 aliphatic heterocycles. The molecule has 0 fully saturated rings. The van der Waals surface area contributed by atoms with E-state index in [1.807, 2.05) is 13.8 Å². The first-order valence-corrected chi connectivity index (χ1v) is 5.71. The standard InChI is InChI=1S/C10H14NO2S/c1-8-5-9(2)7-10(6-8)14(12,13)11(3)4/h6-7H,1-4H3. The molecule has 0 heterocycles. The highest BCUT2D eigenvalue weighted by molar-refractivity contribution is 7.89. The molecular formula is C10H14NO2S. The van der Waals surface area contributed by atoms with Crippen LogP contribution in [0.3, 0.4) is 0 Å². The molecule has 0 N–H and O–H groups in total. The molecule has 77 valence electrons. The molecule has 4 heteroatoms. The van der Waals surface area contributed by atoms with E-state index in [0.717, 1.165) is 11.1 Å². The summed E-state index contributed by atoms with van der Waals surface area (Å²) in [6, 6.07) is 6.29. The average molecular weight is 212 g/mol. The summed E-state index contributed by atoms with van der Waals surface area (Å²) in [7, 11) is -0.260. The highest BCUT2D eigenvalue weighted by Gasteiger charge is 2.17. The number of aryl methyl sites for hydroxylation is 2. The van der Waals surface area contributed by atoms with Gasteiger partial charge in [-0.3, -0.25) is 0 Å². The summed E-state index contributed by atoms with van der Waals surface area (Å²) in [4.78, 5) is 0.330. The first-order chi connectivity index (χ1) is 6.34. The molecule has 0 spiro atoms. The molecule has 0 amide bonds. The van der Waals surface area contributed by atoms with Crippen LogP contribution in [0.2, 0.25) is 0 Å². The second-order valence-corrected chi connectivity index (χ2v) is 5.62. The van der Waals surface area contributed by atoms with Gasteiger partial charge in [-0.15, -0.1) is 0 Å². The maximum absolute atomic E-state index is 11.7. The summed E-state index contributed by atoms with van der Waals surface area (Å²) in [5.74, 6) is 0. The fourth-order valence-electron chi connectivity index (χ4n) is 1.21. The van der Waals surface area contributed by atoms with Gasteiger partial charge in [0.2, 0.25) is 10.0 Å². The first kappa shape index (κ1) is 11.2. The average Bonchev–Trinajstić information content (AvgIpc) is 2.01. The third-order valence-electron chi connectivity index (χ3n) is 1.89. The van der Waals surface area contributed by atoms with Crippen LogP contribution >= 0.6 is 0 Å². The fourth-order valence-corrected chi connectivity index (χ4v) is 2.28. The van der Waals surface area contributed by atoms with Gasteiger partial charge < -0.3 is 0 Å². The molecule has 0 atom stereocenters. The number of sulfonamides is 1. The van der Waals surface area contributed by atoms with Crippen molar-refractivity contribution in [2.24, 2.45) is 0 Å². The fraction of sp³-hybridized carbons (Fsp3) is 0.400. The van der Waals surface area contributed by atoms with Crippen molar-refractivity contribution >= 4 is 10.0 Å². The molecule has 1 aromatic carbocycles. The summed E-state index contributed by atoms with van der Waals surface area (Å²) in [6.07, 6.45) is 0.